The lowest BCUT2D eigenvalue weighted by Gasteiger charge is -2.38. The molecule has 1 atom stereocenters. The van der Waals surface area contributed by atoms with Crippen molar-refractivity contribution in [2.45, 2.75) is 5.60 Å². The van der Waals surface area contributed by atoms with Crippen LogP contribution in [0.25, 0.3) is 0 Å². The molecule has 0 bridgehead atoms. The van der Waals surface area contributed by atoms with E-state index in [1.807, 2.05) is 0 Å². The predicted octanol–water partition coefficient (Wildman–Crippen LogP) is 6.04. The molecule has 0 aliphatic carbocycles. The van der Waals surface area contributed by atoms with Gasteiger partial charge in [0.1, 0.15) is 22.2 Å². The number of hydrogen-bond acceptors (Lipinski definition) is 10. The van der Waals surface area contributed by atoms with Gasteiger partial charge in [-0.25, -0.2) is 4.79 Å². The van der Waals surface area contributed by atoms with E-state index < -0.39 is 55.2 Å². The van der Waals surface area contributed by atoms with Gasteiger partial charge in [0.15, 0.2) is 17.1 Å². The number of esters is 1. The summed E-state index contributed by atoms with van der Waals surface area (Å²) in [4.78, 5) is 47.0. The number of nitrogens with one attached hydrogen (secondary N) is 1. The van der Waals surface area contributed by atoms with Crippen molar-refractivity contribution in [1.82, 2.24) is 0 Å². The summed E-state index contributed by atoms with van der Waals surface area (Å²) in [6.07, 6.45) is 0. The zero-order valence-electron chi connectivity index (χ0n) is 20.6. The molecule has 3 N–H and O–H groups in total. The van der Waals surface area contributed by atoms with Gasteiger partial charge in [-0.2, -0.15) is 0 Å². The Hall–Kier alpha value is -5.40. The van der Waals surface area contributed by atoms with E-state index in [4.69, 9.17) is 32.7 Å². The molecule has 0 saturated carbocycles. The van der Waals surface area contributed by atoms with Gasteiger partial charge in [0.2, 0.25) is 0 Å². The molecule has 0 aromatic heterocycles. The Morgan fingerprint density at radius 2 is 1.62 bits per heavy atom. The number of carbonyl (C=O) groups excluding carboxylic acids is 2. The summed E-state index contributed by atoms with van der Waals surface area (Å²) in [7, 11) is 0. The molecule has 2 aliphatic rings. The Morgan fingerprint density at radius 3 is 2.33 bits per heavy atom. The first-order valence-corrected chi connectivity index (χ1v) is 12.5. The van der Waals surface area contributed by atoms with E-state index in [1.54, 1.807) is 18.2 Å². The highest BCUT2D eigenvalue weighted by atomic mass is 35.5. The Kier molecular flexibility index (Phi) is 5.95. The normalized spacial score (nSPS) is 16.1. The number of nitro benzene ring substituents is 2. The van der Waals surface area contributed by atoms with Crippen molar-refractivity contribution in [3.05, 3.63) is 119 Å². The average molecular weight is 610 g/mol. The summed E-state index contributed by atoms with van der Waals surface area (Å²) in [6.45, 7) is 0. The summed E-state index contributed by atoms with van der Waals surface area (Å²) in [5, 5.41) is 45.5. The lowest BCUT2D eigenvalue weighted by atomic mass is 9.77. The van der Waals surface area contributed by atoms with Crippen LogP contribution in [0.3, 0.4) is 0 Å². The van der Waals surface area contributed by atoms with Crippen LogP contribution in [0, 0.1) is 20.2 Å². The van der Waals surface area contributed by atoms with Gasteiger partial charge in [-0.1, -0.05) is 41.4 Å². The SMILES string of the molecule is O=C(Nc1c(O)c(Cl)c(Cl)c2c1Oc1cc(O)ccc1C21OC(=O)c2ccccc21)c1ccc([N+](=O)[O-])c([N+](=O)[O-])c1. The van der Waals surface area contributed by atoms with Gasteiger partial charge in [0.25, 0.3) is 5.91 Å². The number of amides is 1. The monoisotopic (exact) mass is 609 g/mol. The van der Waals surface area contributed by atoms with Gasteiger partial charge in [0, 0.05) is 34.9 Å². The van der Waals surface area contributed by atoms with Gasteiger partial charge in [-0.15, -0.1) is 0 Å². The second-order valence-corrected chi connectivity index (χ2v) is 9.88. The highest BCUT2D eigenvalue weighted by Crippen LogP contribution is 2.63. The number of rotatable bonds is 4. The molecule has 0 radical (unpaired) electrons. The van der Waals surface area contributed by atoms with E-state index in [2.05, 4.69) is 5.32 Å². The van der Waals surface area contributed by atoms with Crippen LogP contribution in [-0.2, 0) is 10.3 Å². The molecule has 15 heteroatoms. The molecular formula is C27H13Cl2N3O10. The number of phenols is 2. The smallest absolute Gasteiger partial charge is 0.346 e. The molecule has 0 saturated heterocycles. The number of halogens is 2. The van der Waals surface area contributed by atoms with Crippen molar-refractivity contribution in [2.24, 2.45) is 0 Å². The zero-order chi connectivity index (χ0) is 30.1. The Bertz CT molecular complexity index is 1930. The zero-order valence-corrected chi connectivity index (χ0v) is 22.1. The molecule has 4 aromatic carbocycles. The first kappa shape index (κ1) is 26.8. The number of benzene rings is 4. The summed E-state index contributed by atoms with van der Waals surface area (Å²) in [5.41, 5.74) is -3.72. The maximum atomic E-state index is 13.3. The van der Waals surface area contributed by atoms with Crippen LogP contribution in [0.4, 0.5) is 17.1 Å². The highest BCUT2D eigenvalue weighted by Gasteiger charge is 2.56. The molecule has 210 valence electrons. The number of aromatic hydroxyl groups is 2. The quantitative estimate of drug-likeness (QED) is 0.106. The van der Waals surface area contributed by atoms with Crippen LogP contribution in [0.1, 0.15) is 37.4 Å². The number of nitrogens with zero attached hydrogens (tertiary/aromatic N) is 2. The fourth-order valence-electron chi connectivity index (χ4n) is 5.07. The minimum absolute atomic E-state index is 0.0220. The highest BCUT2D eigenvalue weighted by molar-refractivity contribution is 6.44. The van der Waals surface area contributed by atoms with Crippen molar-refractivity contribution in [2.75, 3.05) is 5.32 Å². The van der Waals surface area contributed by atoms with Crippen LogP contribution in [0.2, 0.25) is 10.0 Å². The lowest BCUT2D eigenvalue weighted by Crippen LogP contribution is -2.34. The topological polar surface area (TPSA) is 191 Å². The lowest BCUT2D eigenvalue weighted by molar-refractivity contribution is -0.422. The number of hydrogen-bond donors (Lipinski definition) is 3. The fourth-order valence-corrected chi connectivity index (χ4v) is 5.57. The third-order valence-corrected chi connectivity index (χ3v) is 7.70. The van der Waals surface area contributed by atoms with Gasteiger partial charge in [-0.05, 0) is 24.3 Å². The summed E-state index contributed by atoms with van der Waals surface area (Å²) >= 11 is 13.1. The van der Waals surface area contributed by atoms with E-state index >= 15 is 0 Å². The van der Waals surface area contributed by atoms with Crippen LogP contribution < -0.4 is 10.1 Å². The standard InChI is InChI=1S/C27H13Cl2N3O10/c28-20-19-24(22(23(34)21(20)29)30-25(35)11-5-8-16(31(37)38)17(9-11)32(39)40)41-18-10-12(33)6-7-15(18)27(19)14-4-2-1-3-13(14)26(36)42-27/h1-10,33-34H,(H,30,35). The molecular weight excluding hydrogens is 597 g/mol. The minimum atomic E-state index is -1.80. The minimum Gasteiger partial charge on any atom is -0.508 e. The summed E-state index contributed by atoms with van der Waals surface area (Å²) in [5.74, 6) is -3.09. The molecule has 1 unspecified atom stereocenters. The molecule has 0 fully saturated rings. The van der Waals surface area contributed by atoms with Gasteiger partial charge >= 0.3 is 17.3 Å². The Morgan fingerprint density at radius 1 is 0.905 bits per heavy atom. The largest absolute Gasteiger partial charge is 0.508 e. The van der Waals surface area contributed by atoms with Crippen LogP contribution in [-0.4, -0.2) is 31.9 Å². The third-order valence-electron chi connectivity index (χ3n) is 6.86. The molecule has 1 spiro atoms. The third kappa shape index (κ3) is 3.71. The van der Waals surface area contributed by atoms with E-state index in [1.165, 1.54) is 24.3 Å². The second-order valence-electron chi connectivity index (χ2n) is 9.13. The average Bonchev–Trinajstić information content (AvgIpc) is 3.25. The molecule has 2 aliphatic heterocycles. The van der Waals surface area contributed by atoms with E-state index in [-0.39, 0.29) is 44.5 Å². The van der Waals surface area contributed by atoms with E-state index in [0.717, 1.165) is 12.1 Å². The van der Waals surface area contributed by atoms with Crippen LogP contribution >= 0.6 is 23.2 Å². The molecule has 2 heterocycles. The Balaban J connectivity index is 1.59. The summed E-state index contributed by atoms with van der Waals surface area (Å²) in [6, 6.07) is 12.9. The van der Waals surface area contributed by atoms with Crippen molar-refractivity contribution < 1.29 is 39.1 Å². The molecule has 13 nitrogen and oxygen atoms in total. The number of anilines is 1. The second kappa shape index (κ2) is 9.33. The molecule has 42 heavy (non-hydrogen) atoms. The maximum absolute atomic E-state index is 13.3. The van der Waals surface area contributed by atoms with Crippen LogP contribution in [0.5, 0.6) is 23.0 Å². The number of phenolic OH excluding ortho intramolecular Hbond substituents is 2. The van der Waals surface area contributed by atoms with Gasteiger partial charge in [-0.3, -0.25) is 25.0 Å². The first-order valence-electron chi connectivity index (χ1n) is 11.8. The summed E-state index contributed by atoms with van der Waals surface area (Å²) < 4.78 is 12.0. The number of carbonyl (C=O) groups is 2. The van der Waals surface area contributed by atoms with Crippen molar-refractivity contribution in [3.63, 3.8) is 0 Å². The van der Waals surface area contributed by atoms with Crippen molar-refractivity contribution in [1.29, 1.82) is 0 Å². The number of ether oxygens (including phenoxy) is 2. The number of fused-ring (bicyclic) bond motifs is 6. The Labute approximate surface area is 243 Å². The van der Waals surface area contributed by atoms with Gasteiger partial charge in [0.05, 0.1) is 26.0 Å². The first-order chi connectivity index (χ1) is 20.0. The maximum Gasteiger partial charge on any atom is 0.346 e. The fraction of sp³-hybridized carbons (Fsp3) is 0.0370. The predicted molar refractivity (Wildman–Crippen MR) is 146 cm³/mol. The molecule has 4 aromatic rings. The molecule has 6 rings (SSSR count). The number of nitro groups is 2. The van der Waals surface area contributed by atoms with Crippen LogP contribution in [0.15, 0.2) is 60.7 Å². The molecule has 1 amide bonds. The van der Waals surface area contributed by atoms with E-state index in [0.29, 0.717) is 11.6 Å². The van der Waals surface area contributed by atoms with E-state index in [9.17, 15) is 40.0 Å². The van der Waals surface area contributed by atoms with Crippen molar-refractivity contribution >= 4 is 52.1 Å². The van der Waals surface area contributed by atoms with Crippen molar-refractivity contribution in [3.8, 4) is 23.0 Å². The van der Waals surface area contributed by atoms with Gasteiger partial charge < -0.3 is 25.0 Å².